The van der Waals surface area contributed by atoms with Gasteiger partial charge in [0, 0.05) is 0 Å². The van der Waals surface area contributed by atoms with Gasteiger partial charge in [-0.15, -0.1) is 12.8 Å². The largest absolute Gasteiger partial charge is 0.338 e. The predicted octanol–water partition coefficient (Wildman–Crippen LogP) is -2.04. The normalized spacial score (nSPS) is 9.20. The molecular formula is C9H7N3O3. The lowest BCUT2D eigenvalue weighted by atomic mass is 10.6. The van der Waals surface area contributed by atoms with Crippen LogP contribution >= 0.6 is 0 Å². The molecule has 0 fully saturated rings. The van der Waals surface area contributed by atoms with E-state index in [0.717, 1.165) is 9.13 Å². The van der Waals surface area contributed by atoms with E-state index in [1.54, 1.807) is 0 Å². The molecule has 1 rings (SSSR count). The van der Waals surface area contributed by atoms with E-state index in [9.17, 15) is 14.4 Å². The molecule has 0 aliphatic heterocycles. The number of aromatic amines is 1. The van der Waals surface area contributed by atoms with Crippen LogP contribution in [0.15, 0.2) is 14.4 Å². The van der Waals surface area contributed by atoms with Crippen molar-refractivity contribution < 1.29 is 0 Å². The molecule has 0 bridgehead atoms. The second kappa shape index (κ2) is 4.16. The van der Waals surface area contributed by atoms with Crippen LogP contribution in [0.25, 0.3) is 0 Å². The molecule has 15 heavy (non-hydrogen) atoms. The fourth-order valence-electron chi connectivity index (χ4n) is 1.01. The summed E-state index contributed by atoms with van der Waals surface area (Å²) in [5.41, 5.74) is -2.48. The number of rotatable bonds is 2. The first-order valence-corrected chi connectivity index (χ1v) is 3.92. The van der Waals surface area contributed by atoms with Crippen LogP contribution in [0.4, 0.5) is 0 Å². The van der Waals surface area contributed by atoms with Crippen LogP contribution in [0, 0.1) is 24.7 Å². The molecule has 6 nitrogen and oxygen atoms in total. The fourth-order valence-corrected chi connectivity index (χ4v) is 1.01. The minimum absolute atomic E-state index is 0.209. The third-order valence-electron chi connectivity index (χ3n) is 1.66. The highest BCUT2D eigenvalue weighted by Gasteiger charge is 2.06. The Kier molecular flexibility index (Phi) is 2.94. The third kappa shape index (κ3) is 1.89. The van der Waals surface area contributed by atoms with E-state index in [2.05, 4.69) is 11.8 Å². The lowest BCUT2D eigenvalue weighted by Crippen LogP contribution is -2.49. The van der Waals surface area contributed by atoms with Crippen molar-refractivity contribution in [3.8, 4) is 24.7 Å². The topological polar surface area (TPSA) is 76.9 Å². The standard InChI is InChI=1S/C9H7N3O3/c1-3-5-11-7(13)10-8(14)12(6-4-2)9(11)15/h1-2H,5-6H2,(H,10,13,14). The van der Waals surface area contributed by atoms with E-state index in [4.69, 9.17) is 12.8 Å². The second-order valence-corrected chi connectivity index (χ2v) is 2.60. The minimum Gasteiger partial charge on any atom is -0.259 e. The molecule has 0 unspecified atom stereocenters. The highest BCUT2D eigenvalue weighted by molar-refractivity contribution is 4.90. The molecule has 0 aromatic carbocycles. The molecule has 0 aliphatic carbocycles. The lowest BCUT2D eigenvalue weighted by molar-refractivity contribution is 0.580. The van der Waals surface area contributed by atoms with Gasteiger partial charge in [0.2, 0.25) is 0 Å². The summed E-state index contributed by atoms with van der Waals surface area (Å²) < 4.78 is 1.44. The van der Waals surface area contributed by atoms with Gasteiger partial charge < -0.3 is 0 Å². The Balaban J connectivity index is 3.60. The van der Waals surface area contributed by atoms with E-state index in [0.29, 0.717) is 0 Å². The SMILES string of the molecule is C#CCn1c(=O)[nH]c(=O)n(CC#C)c1=O. The quantitative estimate of drug-likeness (QED) is 0.565. The molecular weight excluding hydrogens is 198 g/mol. The molecule has 0 atom stereocenters. The zero-order valence-corrected chi connectivity index (χ0v) is 7.69. The van der Waals surface area contributed by atoms with Crippen molar-refractivity contribution in [2.75, 3.05) is 0 Å². The van der Waals surface area contributed by atoms with Crippen molar-refractivity contribution in [1.29, 1.82) is 0 Å². The summed E-state index contributed by atoms with van der Waals surface area (Å²) in [5.74, 6) is 4.26. The zero-order valence-electron chi connectivity index (χ0n) is 7.69. The lowest BCUT2D eigenvalue weighted by Gasteiger charge is -2.02. The summed E-state index contributed by atoms with van der Waals surface area (Å²) in [5, 5.41) is 0. The Morgan fingerprint density at radius 2 is 1.40 bits per heavy atom. The maximum Gasteiger partial charge on any atom is 0.338 e. The van der Waals surface area contributed by atoms with Crippen molar-refractivity contribution in [3.05, 3.63) is 31.5 Å². The van der Waals surface area contributed by atoms with Gasteiger partial charge in [-0.25, -0.2) is 23.5 Å². The number of hydrogen-bond acceptors (Lipinski definition) is 3. The van der Waals surface area contributed by atoms with Crippen molar-refractivity contribution in [2.24, 2.45) is 0 Å². The minimum atomic E-state index is -0.837. The van der Waals surface area contributed by atoms with Crippen molar-refractivity contribution in [3.63, 3.8) is 0 Å². The van der Waals surface area contributed by atoms with Gasteiger partial charge in [-0.2, -0.15) is 0 Å². The van der Waals surface area contributed by atoms with Crippen molar-refractivity contribution >= 4 is 0 Å². The van der Waals surface area contributed by atoms with E-state index in [1.165, 1.54) is 0 Å². The number of terminal acetylenes is 2. The summed E-state index contributed by atoms with van der Waals surface area (Å²) in [6.45, 7) is -0.419. The zero-order chi connectivity index (χ0) is 11.4. The van der Waals surface area contributed by atoms with Crippen LogP contribution in [0.1, 0.15) is 0 Å². The van der Waals surface area contributed by atoms with Gasteiger partial charge in [0.15, 0.2) is 0 Å². The maximum absolute atomic E-state index is 11.5. The molecule has 76 valence electrons. The fraction of sp³-hybridized carbons (Fsp3) is 0.222. The number of aromatic nitrogens is 3. The first-order chi connectivity index (χ1) is 7.11. The average Bonchev–Trinajstić information content (AvgIpc) is 2.19. The molecule has 0 spiro atoms. The monoisotopic (exact) mass is 205 g/mol. The Morgan fingerprint density at radius 1 is 1.00 bits per heavy atom. The van der Waals surface area contributed by atoms with Crippen LogP contribution in [0.3, 0.4) is 0 Å². The highest BCUT2D eigenvalue weighted by Crippen LogP contribution is 1.69. The predicted molar refractivity (Wildman–Crippen MR) is 53.2 cm³/mol. The van der Waals surface area contributed by atoms with Gasteiger partial charge >= 0.3 is 17.1 Å². The Morgan fingerprint density at radius 3 is 1.73 bits per heavy atom. The first kappa shape index (κ1) is 10.6. The van der Waals surface area contributed by atoms with Crippen LogP contribution in [0.2, 0.25) is 0 Å². The van der Waals surface area contributed by atoms with Gasteiger partial charge in [-0.3, -0.25) is 4.98 Å². The van der Waals surface area contributed by atoms with Crippen LogP contribution in [0.5, 0.6) is 0 Å². The van der Waals surface area contributed by atoms with Gasteiger partial charge in [-0.1, -0.05) is 11.8 Å². The number of nitrogens with zero attached hydrogens (tertiary/aromatic N) is 2. The van der Waals surface area contributed by atoms with E-state index in [1.807, 2.05) is 4.98 Å². The van der Waals surface area contributed by atoms with Gasteiger partial charge in [-0.05, 0) is 0 Å². The van der Waals surface area contributed by atoms with E-state index >= 15 is 0 Å². The summed E-state index contributed by atoms with van der Waals surface area (Å²) in [4.78, 5) is 35.8. The van der Waals surface area contributed by atoms with Crippen molar-refractivity contribution in [1.82, 2.24) is 14.1 Å². The first-order valence-electron chi connectivity index (χ1n) is 3.92. The Labute approximate surface area is 84.2 Å². The second-order valence-electron chi connectivity index (χ2n) is 2.60. The van der Waals surface area contributed by atoms with Gasteiger partial charge in [0.25, 0.3) is 0 Å². The summed E-state index contributed by atoms with van der Waals surface area (Å²) in [6.07, 6.45) is 9.94. The van der Waals surface area contributed by atoms with Gasteiger partial charge in [0.05, 0.1) is 13.1 Å². The number of H-pyrrole nitrogens is 1. The van der Waals surface area contributed by atoms with Crippen LogP contribution < -0.4 is 17.1 Å². The molecule has 0 aliphatic rings. The Bertz CT molecular complexity index is 567. The molecule has 1 aromatic heterocycles. The van der Waals surface area contributed by atoms with Gasteiger partial charge in [0.1, 0.15) is 0 Å². The molecule has 1 N–H and O–H groups in total. The summed E-state index contributed by atoms with van der Waals surface area (Å²) in [6, 6.07) is 0. The molecule has 1 heterocycles. The third-order valence-corrected chi connectivity index (χ3v) is 1.66. The van der Waals surface area contributed by atoms with Crippen molar-refractivity contribution in [2.45, 2.75) is 13.1 Å². The van der Waals surface area contributed by atoms with E-state index in [-0.39, 0.29) is 13.1 Å². The molecule has 0 saturated heterocycles. The summed E-state index contributed by atoms with van der Waals surface area (Å²) in [7, 11) is 0. The van der Waals surface area contributed by atoms with Crippen LogP contribution in [-0.4, -0.2) is 14.1 Å². The van der Waals surface area contributed by atoms with E-state index < -0.39 is 17.1 Å². The number of hydrogen-bond donors (Lipinski definition) is 1. The molecule has 0 radical (unpaired) electrons. The smallest absolute Gasteiger partial charge is 0.259 e. The molecule has 0 amide bonds. The maximum atomic E-state index is 11.5. The molecule has 0 saturated carbocycles. The van der Waals surface area contributed by atoms with Crippen LogP contribution in [-0.2, 0) is 13.1 Å². The summed E-state index contributed by atoms with van der Waals surface area (Å²) >= 11 is 0. The average molecular weight is 205 g/mol. The molecule has 1 aromatic rings. The highest BCUT2D eigenvalue weighted by atomic mass is 16.2. The Hall–Kier alpha value is -2.47. The molecule has 6 heteroatoms. The number of nitrogens with one attached hydrogen (secondary N) is 1.